The molecule has 8 heteroatoms. The summed E-state index contributed by atoms with van der Waals surface area (Å²) in [6.45, 7) is -0.961. The fraction of sp³-hybridized carbons (Fsp3) is 0.417. The van der Waals surface area contributed by atoms with Gasteiger partial charge in [-0.15, -0.1) is 0 Å². The largest absolute Gasteiger partial charge is 0.423 e. The van der Waals surface area contributed by atoms with E-state index in [2.05, 4.69) is 4.74 Å². The summed E-state index contributed by atoms with van der Waals surface area (Å²) in [5.41, 5.74) is 0.201. The molecule has 0 unspecified atom stereocenters. The average molecular weight is 300 g/mol. The van der Waals surface area contributed by atoms with Crippen molar-refractivity contribution in [2.24, 2.45) is 0 Å². The van der Waals surface area contributed by atoms with Crippen molar-refractivity contribution in [1.82, 2.24) is 0 Å². The van der Waals surface area contributed by atoms with Gasteiger partial charge in [0.25, 0.3) is 0 Å². The van der Waals surface area contributed by atoms with E-state index in [0.717, 1.165) is 0 Å². The topological polar surface area (TPSA) is 26.3 Å². The van der Waals surface area contributed by atoms with Crippen molar-refractivity contribution in [1.29, 1.82) is 0 Å². The molecule has 0 aliphatic heterocycles. The summed E-state index contributed by atoms with van der Waals surface area (Å²) in [6.07, 6.45) is -15.6. The molecule has 0 heterocycles. The van der Waals surface area contributed by atoms with Crippen LogP contribution >= 0.6 is 0 Å². The number of benzene rings is 1. The van der Waals surface area contributed by atoms with Crippen LogP contribution in [0.2, 0.25) is 0 Å². The van der Waals surface area contributed by atoms with E-state index in [0.29, 0.717) is 0 Å². The fourth-order valence-electron chi connectivity index (χ4n) is 1.41. The summed E-state index contributed by atoms with van der Waals surface area (Å²) < 4.78 is 76.6. The lowest BCUT2D eigenvalue weighted by Crippen LogP contribution is -2.44. The van der Waals surface area contributed by atoms with E-state index in [1.807, 2.05) is 0 Å². The van der Waals surface area contributed by atoms with Gasteiger partial charge in [-0.1, -0.05) is 30.3 Å². The van der Waals surface area contributed by atoms with Gasteiger partial charge in [0.05, 0.1) is 6.61 Å². The van der Waals surface area contributed by atoms with Crippen LogP contribution in [-0.2, 0) is 4.74 Å². The molecule has 20 heavy (non-hydrogen) atoms. The van der Waals surface area contributed by atoms with Crippen molar-refractivity contribution >= 4 is 5.78 Å². The maximum atomic E-state index is 12.1. The molecular weight excluding hydrogens is 290 g/mol. The molecule has 0 atom stereocenters. The van der Waals surface area contributed by atoms with Gasteiger partial charge in [0.1, 0.15) is 0 Å². The number of hydrogen-bond acceptors (Lipinski definition) is 2. The van der Waals surface area contributed by atoms with Crippen molar-refractivity contribution < 1.29 is 35.9 Å². The highest BCUT2D eigenvalue weighted by Gasteiger charge is 2.57. The van der Waals surface area contributed by atoms with Crippen molar-refractivity contribution in [3.8, 4) is 0 Å². The Kier molecular flexibility index (Phi) is 5.15. The number of halogens is 6. The van der Waals surface area contributed by atoms with Crippen LogP contribution in [0, 0.1) is 0 Å². The third-order valence-electron chi connectivity index (χ3n) is 2.30. The van der Waals surface area contributed by atoms with Gasteiger partial charge in [0.2, 0.25) is 6.10 Å². The van der Waals surface area contributed by atoms with Crippen LogP contribution in [0.15, 0.2) is 30.3 Å². The Bertz CT molecular complexity index is 424. The van der Waals surface area contributed by atoms with Crippen LogP contribution < -0.4 is 0 Å². The second kappa shape index (κ2) is 6.25. The van der Waals surface area contributed by atoms with E-state index in [-0.39, 0.29) is 5.56 Å². The second-order valence-corrected chi connectivity index (χ2v) is 3.87. The molecule has 0 saturated heterocycles. The molecule has 112 valence electrons. The Morgan fingerprint density at radius 3 is 1.95 bits per heavy atom. The zero-order valence-electron chi connectivity index (χ0n) is 9.96. The standard InChI is InChI=1S/C12H10F6O2/c13-11(14,15)10(12(16,17)18)20-7-6-9(19)8-4-2-1-3-5-8/h1-5,10H,6-7H2. The van der Waals surface area contributed by atoms with Crippen molar-refractivity contribution in [2.75, 3.05) is 6.61 Å². The van der Waals surface area contributed by atoms with Crippen molar-refractivity contribution in [2.45, 2.75) is 24.9 Å². The number of rotatable bonds is 5. The number of carbonyl (C=O) groups is 1. The Morgan fingerprint density at radius 2 is 1.50 bits per heavy atom. The Labute approximate surface area is 110 Å². The molecule has 1 aromatic rings. The Balaban J connectivity index is 2.56. The first-order valence-corrected chi connectivity index (χ1v) is 5.45. The lowest BCUT2D eigenvalue weighted by molar-refractivity contribution is -0.321. The van der Waals surface area contributed by atoms with Gasteiger partial charge in [-0.2, -0.15) is 26.3 Å². The minimum Gasteiger partial charge on any atom is -0.360 e. The number of alkyl halides is 6. The number of Topliss-reactive ketones (excluding diaryl/α,β-unsaturated/α-hetero) is 1. The molecule has 0 bridgehead atoms. The van der Waals surface area contributed by atoms with Crippen molar-refractivity contribution in [3.63, 3.8) is 0 Å². The predicted molar refractivity (Wildman–Crippen MR) is 57.2 cm³/mol. The first-order valence-electron chi connectivity index (χ1n) is 5.45. The Morgan fingerprint density at radius 1 is 1.00 bits per heavy atom. The molecule has 0 N–H and O–H groups in total. The Hall–Kier alpha value is -1.57. The lowest BCUT2D eigenvalue weighted by atomic mass is 10.1. The van der Waals surface area contributed by atoms with E-state index >= 15 is 0 Å². The summed E-state index contributed by atoms with van der Waals surface area (Å²) in [4.78, 5) is 11.5. The van der Waals surface area contributed by atoms with E-state index in [1.165, 1.54) is 24.3 Å². The molecule has 0 saturated carbocycles. The molecule has 0 amide bonds. The van der Waals surface area contributed by atoms with Crippen molar-refractivity contribution in [3.05, 3.63) is 35.9 Å². The highest BCUT2D eigenvalue weighted by atomic mass is 19.4. The molecule has 0 aromatic heterocycles. The number of hydrogen-bond donors (Lipinski definition) is 0. The predicted octanol–water partition coefficient (Wildman–Crippen LogP) is 3.77. The SMILES string of the molecule is O=C(CCOC(C(F)(F)F)C(F)(F)F)c1ccccc1. The normalized spacial score (nSPS) is 12.8. The van der Waals surface area contributed by atoms with Gasteiger partial charge in [-0.05, 0) is 0 Å². The van der Waals surface area contributed by atoms with E-state index < -0.39 is 37.3 Å². The molecule has 0 aliphatic rings. The highest BCUT2D eigenvalue weighted by molar-refractivity contribution is 5.96. The third kappa shape index (κ3) is 4.84. The first kappa shape index (κ1) is 16.5. The van der Waals surface area contributed by atoms with Gasteiger partial charge >= 0.3 is 12.4 Å². The molecule has 0 aliphatic carbocycles. The summed E-state index contributed by atoms with van der Waals surface area (Å²) >= 11 is 0. The molecule has 1 rings (SSSR count). The highest BCUT2D eigenvalue weighted by Crippen LogP contribution is 2.35. The number of carbonyl (C=O) groups excluding carboxylic acids is 1. The minimum absolute atomic E-state index is 0.201. The van der Waals surface area contributed by atoms with Gasteiger partial charge < -0.3 is 4.74 Å². The van der Waals surface area contributed by atoms with Gasteiger partial charge in [-0.25, -0.2) is 0 Å². The van der Waals surface area contributed by atoms with E-state index in [4.69, 9.17) is 0 Å². The van der Waals surface area contributed by atoms with Crippen LogP contribution in [0.3, 0.4) is 0 Å². The lowest BCUT2D eigenvalue weighted by Gasteiger charge is -2.22. The van der Waals surface area contributed by atoms with Gasteiger partial charge in [-0.3, -0.25) is 4.79 Å². The van der Waals surface area contributed by atoms with Crippen LogP contribution in [0.4, 0.5) is 26.3 Å². The summed E-state index contributed by atoms with van der Waals surface area (Å²) in [7, 11) is 0. The smallest absolute Gasteiger partial charge is 0.360 e. The maximum absolute atomic E-state index is 12.1. The summed E-state index contributed by atoms with van der Waals surface area (Å²) in [6, 6.07) is 7.50. The molecule has 0 fully saturated rings. The van der Waals surface area contributed by atoms with E-state index in [1.54, 1.807) is 6.07 Å². The number of ketones is 1. The monoisotopic (exact) mass is 300 g/mol. The zero-order chi connectivity index (χ0) is 15.4. The quantitative estimate of drug-likeness (QED) is 0.611. The van der Waals surface area contributed by atoms with Crippen LogP contribution in [0.25, 0.3) is 0 Å². The molecule has 1 aromatic carbocycles. The molecule has 2 nitrogen and oxygen atoms in total. The minimum atomic E-state index is -5.56. The van der Waals surface area contributed by atoms with E-state index in [9.17, 15) is 31.1 Å². The fourth-order valence-corrected chi connectivity index (χ4v) is 1.41. The molecular formula is C12H10F6O2. The molecule has 0 radical (unpaired) electrons. The van der Waals surface area contributed by atoms with Gasteiger partial charge in [0, 0.05) is 12.0 Å². The second-order valence-electron chi connectivity index (χ2n) is 3.87. The third-order valence-corrected chi connectivity index (χ3v) is 2.30. The molecule has 0 spiro atoms. The maximum Gasteiger partial charge on any atom is 0.423 e. The summed E-state index contributed by atoms with van der Waals surface area (Å²) in [5.74, 6) is -0.589. The first-order chi connectivity index (χ1) is 9.12. The van der Waals surface area contributed by atoms with Crippen LogP contribution in [0.1, 0.15) is 16.8 Å². The van der Waals surface area contributed by atoms with Gasteiger partial charge in [0.15, 0.2) is 5.78 Å². The summed E-state index contributed by atoms with van der Waals surface area (Å²) in [5, 5.41) is 0. The van der Waals surface area contributed by atoms with Crippen LogP contribution in [0.5, 0.6) is 0 Å². The van der Waals surface area contributed by atoms with Crippen LogP contribution in [-0.4, -0.2) is 30.8 Å². The number of ether oxygens (including phenoxy) is 1. The zero-order valence-corrected chi connectivity index (χ0v) is 9.96. The average Bonchev–Trinajstić information content (AvgIpc) is 2.32.